The Morgan fingerprint density at radius 1 is 1.12 bits per heavy atom. The van der Waals surface area contributed by atoms with Gasteiger partial charge in [0.05, 0.1) is 14.7 Å². The summed E-state index contributed by atoms with van der Waals surface area (Å²) in [6.45, 7) is 7.52. The molecule has 2 aromatic rings. The van der Waals surface area contributed by atoms with E-state index < -0.39 is 21.3 Å². The Labute approximate surface area is 149 Å². The third kappa shape index (κ3) is 4.13. The lowest BCUT2D eigenvalue weighted by molar-refractivity contribution is 0.220. The fourth-order valence-corrected chi connectivity index (χ4v) is 5.37. The minimum Gasteiger partial charge on any atom is -0.423 e. The van der Waals surface area contributed by atoms with Crippen molar-refractivity contribution in [1.29, 1.82) is 0 Å². The monoisotopic (exact) mass is 358 g/mol. The van der Waals surface area contributed by atoms with Crippen molar-refractivity contribution in [2.45, 2.75) is 37.2 Å². The molecular formula is C18H23BO3SSi. The van der Waals surface area contributed by atoms with Crippen LogP contribution in [0, 0.1) is 0 Å². The summed E-state index contributed by atoms with van der Waals surface area (Å²) in [5, 5.41) is 21.6. The lowest BCUT2D eigenvalue weighted by Gasteiger charge is -2.16. The second kappa shape index (κ2) is 7.06. The molecule has 0 spiro atoms. The molecule has 3 nitrogen and oxygen atoms in total. The standard InChI is InChI=1S/C18H23BO3SSi/c1-24(2,3)12-23-16-8-6-13(7-9-16)18(20)14-4-5-15-11-22-19(21)17(15)10-14/h4-10,18,20-21H,11-12H2,1-3H3. The number of aliphatic hydroxyl groups is 1. The molecule has 0 aliphatic carbocycles. The van der Waals surface area contributed by atoms with Crippen molar-refractivity contribution in [1.82, 2.24) is 0 Å². The predicted octanol–water partition coefficient (Wildman–Crippen LogP) is 2.96. The van der Waals surface area contributed by atoms with Gasteiger partial charge in [0.2, 0.25) is 0 Å². The first-order chi connectivity index (χ1) is 11.3. The van der Waals surface area contributed by atoms with Gasteiger partial charge in [0.15, 0.2) is 0 Å². The van der Waals surface area contributed by atoms with E-state index in [9.17, 15) is 10.1 Å². The molecule has 0 saturated carbocycles. The number of hydrogen-bond acceptors (Lipinski definition) is 4. The SMILES string of the molecule is C[Si](C)(C)CSc1ccc(C(O)c2ccc3c(c2)B(O)OC3)cc1. The van der Waals surface area contributed by atoms with Crippen molar-refractivity contribution < 1.29 is 14.8 Å². The van der Waals surface area contributed by atoms with Crippen molar-refractivity contribution >= 4 is 32.4 Å². The Morgan fingerprint density at radius 2 is 1.79 bits per heavy atom. The fraction of sp³-hybridized carbons (Fsp3) is 0.333. The van der Waals surface area contributed by atoms with Crippen molar-refractivity contribution in [3.8, 4) is 0 Å². The molecule has 2 aromatic carbocycles. The van der Waals surface area contributed by atoms with Crippen LogP contribution < -0.4 is 5.46 Å². The summed E-state index contributed by atoms with van der Waals surface area (Å²) >= 11 is 1.89. The van der Waals surface area contributed by atoms with Gasteiger partial charge < -0.3 is 14.8 Å². The van der Waals surface area contributed by atoms with E-state index in [4.69, 9.17) is 4.65 Å². The fourth-order valence-electron chi connectivity index (χ4n) is 2.64. The first-order valence-corrected chi connectivity index (χ1v) is 12.9. The topological polar surface area (TPSA) is 49.7 Å². The van der Waals surface area contributed by atoms with Crippen LogP contribution in [-0.4, -0.2) is 30.7 Å². The number of aliphatic hydroxyl groups excluding tert-OH is 1. The Kier molecular flexibility index (Phi) is 5.22. The first kappa shape index (κ1) is 17.8. The van der Waals surface area contributed by atoms with Gasteiger partial charge >= 0.3 is 7.12 Å². The van der Waals surface area contributed by atoms with Crippen LogP contribution in [0.15, 0.2) is 47.4 Å². The largest absolute Gasteiger partial charge is 0.491 e. The summed E-state index contributed by atoms with van der Waals surface area (Å²) in [6, 6.07) is 13.8. The molecule has 0 amide bonds. The second-order valence-corrected chi connectivity index (χ2v) is 14.5. The number of fused-ring (bicyclic) bond motifs is 1. The lowest BCUT2D eigenvalue weighted by atomic mass is 9.78. The summed E-state index contributed by atoms with van der Waals surface area (Å²) in [4.78, 5) is 1.24. The lowest BCUT2D eigenvalue weighted by Crippen LogP contribution is -2.28. The third-order valence-corrected chi connectivity index (χ3v) is 8.66. The molecule has 0 saturated heterocycles. The van der Waals surface area contributed by atoms with Crippen LogP contribution in [0.3, 0.4) is 0 Å². The van der Waals surface area contributed by atoms with E-state index in [-0.39, 0.29) is 0 Å². The highest BCUT2D eigenvalue weighted by Crippen LogP contribution is 2.27. The minimum absolute atomic E-state index is 0.426. The number of benzene rings is 2. The van der Waals surface area contributed by atoms with Crippen molar-refractivity contribution in [3.05, 3.63) is 59.2 Å². The Hall–Kier alpha value is -1.05. The van der Waals surface area contributed by atoms with Gasteiger partial charge in [-0.25, -0.2) is 0 Å². The summed E-state index contributed by atoms with van der Waals surface area (Å²) in [7, 11) is -1.95. The van der Waals surface area contributed by atoms with Gasteiger partial charge in [-0.2, -0.15) is 0 Å². The van der Waals surface area contributed by atoms with E-state index in [0.29, 0.717) is 6.61 Å². The van der Waals surface area contributed by atoms with Gasteiger partial charge in [-0.05, 0) is 39.7 Å². The van der Waals surface area contributed by atoms with Gasteiger partial charge in [-0.3, -0.25) is 0 Å². The van der Waals surface area contributed by atoms with Crippen molar-refractivity contribution in [2.24, 2.45) is 0 Å². The van der Waals surface area contributed by atoms with Crippen molar-refractivity contribution in [3.63, 3.8) is 0 Å². The minimum atomic E-state index is -1.07. The number of thioether (sulfide) groups is 1. The number of hydrogen-bond donors (Lipinski definition) is 2. The van der Waals surface area contributed by atoms with Crippen LogP contribution in [0.5, 0.6) is 0 Å². The van der Waals surface area contributed by atoms with Crippen LogP contribution in [0.4, 0.5) is 0 Å². The van der Waals surface area contributed by atoms with Crippen LogP contribution in [0.25, 0.3) is 0 Å². The molecule has 0 bridgehead atoms. The average Bonchev–Trinajstić information content (AvgIpc) is 2.93. The van der Waals surface area contributed by atoms with E-state index in [2.05, 4.69) is 31.8 Å². The van der Waals surface area contributed by atoms with Gasteiger partial charge in [0, 0.05) is 4.90 Å². The van der Waals surface area contributed by atoms with Gasteiger partial charge in [0.25, 0.3) is 0 Å². The molecule has 1 atom stereocenters. The maximum atomic E-state index is 10.6. The van der Waals surface area contributed by atoms with Crippen LogP contribution in [0.1, 0.15) is 22.8 Å². The summed E-state index contributed by atoms with van der Waals surface area (Å²) in [5.41, 5.74) is 3.38. The Bertz CT molecular complexity index is 715. The van der Waals surface area contributed by atoms with Gasteiger partial charge in [0.1, 0.15) is 6.10 Å². The highest BCUT2D eigenvalue weighted by Gasteiger charge is 2.28. The Balaban J connectivity index is 1.73. The maximum absolute atomic E-state index is 10.6. The van der Waals surface area contributed by atoms with E-state index >= 15 is 0 Å². The van der Waals surface area contributed by atoms with Gasteiger partial charge in [-0.15, -0.1) is 11.8 Å². The molecule has 0 fully saturated rings. The van der Waals surface area contributed by atoms with E-state index in [1.54, 1.807) is 0 Å². The van der Waals surface area contributed by atoms with E-state index in [1.807, 2.05) is 42.1 Å². The summed E-state index contributed by atoms with van der Waals surface area (Å²) < 4.78 is 5.21. The van der Waals surface area contributed by atoms with E-state index in [1.165, 1.54) is 10.3 Å². The zero-order chi connectivity index (χ0) is 17.3. The summed E-state index contributed by atoms with van der Waals surface area (Å²) in [5.74, 6) is 0. The molecule has 1 unspecified atom stereocenters. The molecule has 1 aliphatic heterocycles. The molecule has 1 heterocycles. The second-order valence-electron chi connectivity index (χ2n) is 7.44. The maximum Gasteiger partial charge on any atom is 0.491 e. The quantitative estimate of drug-likeness (QED) is 0.637. The smallest absolute Gasteiger partial charge is 0.423 e. The molecular weight excluding hydrogens is 335 g/mol. The van der Waals surface area contributed by atoms with Crippen LogP contribution in [0.2, 0.25) is 19.6 Å². The Morgan fingerprint density at radius 3 is 2.46 bits per heavy atom. The first-order valence-electron chi connectivity index (χ1n) is 8.17. The van der Waals surface area contributed by atoms with Gasteiger partial charge in [-0.1, -0.05) is 50.0 Å². The zero-order valence-electron chi connectivity index (χ0n) is 14.3. The molecule has 126 valence electrons. The van der Waals surface area contributed by atoms with Crippen LogP contribution in [-0.2, 0) is 11.3 Å². The molecule has 3 rings (SSSR count). The number of rotatable bonds is 5. The molecule has 24 heavy (non-hydrogen) atoms. The highest BCUT2D eigenvalue weighted by molar-refractivity contribution is 8.01. The highest BCUT2D eigenvalue weighted by atomic mass is 32.2. The molecule has 6 heteroatoms. The summed E-state index contributed by atoms with van der Waals surface area (Å²) in [6.07, 6.45) is -0.695. The predicted molar refractivity (Wildman–Crippen MR) is 103 cm³/mol. The zero-order valence-corrected chi connectivity index (χ0v) is 16.1. The normalized spacial score (nSPS) is 15.5. The van der Waals surface area contributed by atoms with E-state index in [0.717, 1.165) is 22.2 Å². The molecule has 2 N–H and O–H groups in total. The van der Waals surface area contributed by atoms with Crippen molar-refractivity contribution in [2.75, 3.05) is 5.38 Å². The molecule has 0 radical (unpaired) electrons. The average molecular weight is 358 g/mol. The third-order valence-electron chi connectivity index (χ3n) is 4.02. The molecule has 0 aromatic heterocycles. The van der Waals surface area contributed by atoms with Crippen LogP contribution >= 0.6 is 11.8 Å². The molecule has 1 aliphatic rings.